The van der Waals surface area contributed by atoms with Crippen LogP contribution in [0.3, 0.4) is 0 Å². The third-order valence-electron chi connectivity index (χ3n) is 4.43. The van der Waals surface area contributed by atoms with Crippen molar-refractivity contribution in [3.05, 3.63) is 77.2 Å². The number of imidazole rings is 1. The van der Waals surface area contributed by atoms with Crippen molar-refractivity contribution in [2.75, 3.05) is 0 Å². The van der Waals surface area contributed by atoms with Crippen molar-refractivity contribution >= 4 is 16.6 Å². The van der Waals surface area contributed by atoms with E-state index >= 15 is 0 Å². The fraction of sp³-hybridized carbons (Fsp3) is 0.182. The predicted octanol–water partition coefficient (Wildman–Crippen LogP) is 5.74. The molecule has 4 aromatic rings. The number of aryl methyl sites for hydroxylation is 3. The quantitative estimate of drug-likeness (QED) is 0.478. The first-order chi connectivity index (χ1) is 12.9. The summed E-state index contributed by atoms with van der Waals surface area (Å²) in [5.41, 5.74) is 7.67. The Kier molecular flexibility index (Phi) is 5.21. The molecule has 0 aliphatic rings. The van der Waals surface area contributed by atoms with Crippen LogP contribution in [0.2, 0.25) is 0 Å². The summed E-state index contributed by atoms with van der Waals surface area (Å²) in [6.07, 6.45) is 1.80. The number of rotatable bonds is 2. The van der Waals surface area contributed by atoms with Gasteiger partial charge in [-0.15, -0.1) is 0 Å². The van der Waals surface area contributed by atoms with Crippen LogP contribution in [0.4, 0.5) is 4.39 Å². The zero-order chi connectivity index (χ0) is 19.6. The van der Waals surface area contributed by atoms with Crippen molar-refractivity contribution < 1.29 is 4.39 Å². The highest BCUT2D eigenvalue weighted by Gasteiger charge is 2.10. The second kappa shape index (κ2) is 7.58. The third kappa shape index (κ3) is 3.82. The van der Waals surface area contributed by atoms with Gasteiger partial charge in [0.25, 0.3) is 0 Å². The van der Waals surface area contributed by atoms with Crippen LogP contribution in [-0.4, -0.2) is 20.2 Å². The molecule has 2 heterocycles. The molecule has 0 aliphatic carbocycles. The maximum absolute atomic E-state index is 13.0. The number of para-hydroxylation sites is 1. The normalized spacial score (nSPS) is 10.6. The van der Waals surface area contributed by atoms with Crippen molar-refractivity contribution in [1.82, 2.24) is 20.2 Å². The molecular formula is C22H23FN4. The monoisotopic (exact) mass is 362 g/mol. The summed E-state index contributed by atoms with van der Waals surface area (Å²) in [7, 11) is 0. The van der Waals surface area contributed by atoms with E-state index in [1.165, 1.54) is 11.6 Å². The van der Waals surface area contributed by atoms with Crippen LogP contribution < -0.4 is 0 Å². The predicted molar refractivity (Wildman–Crippen MR) is 109 cm³/mol. The van der Waals surface area contributed by atoms with Crippen LogP contribution >= 0.6 is 0 Å². The Morgan fingerprint density at radius 1 is 1.00 bits per heavy atom. The summed E-state index contributed by atoms with van der Waals surface area (Å²) in [6, 6.07) is 11.2. The van der Waals surface area contributed by atoms with E-state index in [0.717, 1.165) is 39.3 Å². The second-order valence-electron chi connectivity index (χ2n) is 6.70. The largest absolute Gasteiger partial charge is 0.337 e. The van der Waals surface area contributed by atoms with Gasteiger partial charge in [0.05, 0.1) is 17.2 Å². The van der Waals surface area contributed by atoms with E-state index in [1.54, 1.807) is 12.3 Å². The first-order valence-corrected chi connectivity index (χ1v) is 8.75. The topological polar surface area (TPSA) is 57.4 Å². The fourth-order valence-corrected chi connectivity index (χ4v) is 3.05. The maximum Gasteiger partial charge on any atom is 0.156 e. The summed E-state index contributed by atoms with van der Waals surface area (Å²) in [6.45, 7) is 11.5. The minimum atomic E-state index is -0.183. The van der Waals surface area contributed by atoms with Gasteiger partial charge < -0.3 is 4.98 Å². The molecular weight excluding hydrogens is 339 g/mol. The zero-order valence-corrected chi connectivity index (χ0v) is 16.0. The average molecular weight is 362 g/mol. The van der Waals surface area contributed by atoms with Gasteiger partial charge in [0.2, 0.25) is 0 Å². The number of allylic oxidation sites excluding steroid dienone is 1. The first-order valence-electron chi connectivity index (χ1n) is 8.75. The number of hydrogen-bond acceptors (Lipinski definition) is 2. The van der Waals surface area contributed by atoms with E-state index in [0.29, 0.717) is 5.56 Å². The number of H-pyrrole nitrogens is 2. The van der Waals surface area contributed by atoms with E-state index < -0.39 is 0 Å². The molecule has 5 heteroatoms. The minimum Gasteiger partial charge on any atom is -0.337 e. The number of aromatic amines is 2. The van der Waals surface area contributed by atoms with Crippen LogP contribution in [0.15, 0.2) is 49.2 Å². The number of halogens is 1. The van der Waals surface area contributed by atoms with Gasteiger partial charge in [-0.1, -0.05) is 30.8 Å². The molecule has 0 bridgehead atoms. The van der Waals surface area contributed by atoms with E-state index in [1.807, 2.05) is 39.0 Å². The van der Waals surface area contributed by atoms with Crippen LogP contribution in [0.25, 0.3) is 28.1 Å². The van der Waals surface area contributed by atoms with Crippen molar-refractivity contribution in [3.8, 4) is 11.5 Å². The highest BCUT2D eigenvalue weighted by molar-refractivity contribution is 5.82. The Morgan fingerprint density at radius 3 is 2.26 bits per heavy atom. The summed E-state index contributed by atoms with van der Waals surface area (Å²) >= 11 is 0. The average Bonchev–Trinajstić information content (AvgIpc) is 3.21. The Labute approximate surface area is 158 Å². The Balaban J connectivity index is 0.000000168. The molecule has 0 radical (unpaired) electrons. The molecule has 2 aromatic carbocycles. The Bertz CT molecular complexity index is 1080. The van der Waals surface area contributed by atoms with E-state index in [4.69, 9.17) is 0 Å². The molecule has 0 saturated heterocycles. The molecule has 2 N–H and O–H groups in total. The van der Waals surface area contributed by atoms with Gasteiger partial charge in [0, 0.05) is 5.56 Å². The summed E-state index contributed by atoms with van der Waals surface area (Å²) in [5.74, 6) is 0.664. The molecule has 0 saturated carbocycles. The highest BCUT2D eigenvalue weighted by atomic mass is 19.1. The Morgan fingerprint density at radius 2 is 1.70 bits per heavy atom. The van der Waals surface area contributed by atoms with Crippen LogP contribution in [-0.2, 0) is 0 Å². The zero-order valence-electron chi connectivity index (χ0n) is 16.0. The summed E-state index contributed by atoms with van der Waals surface area (Å²) in [4.78, 5) is 7.89. The molecule has 2 aromatic heterocycles. The van der Waals surface area contributed by atoms with Crippen molar-refractivity contribution in [2.45, 2.75) is 27.7 Å². The number of nitrogens with one attached hydrogen (secondary N) is 2. The third-order valence-corrected chi connectivity index (χ3v) is 4.43. The fourth-order valence-electron chi connectivity index (χ4n) is 3.05. The smallest absolute Gasteiger partial charge is 0.156 e. The van der Waals surface area contributed by atoms with Crippen LogP contribution in [0, 0.1) is 26.6 Å². The van der Waals surface area contributed by atoms with Gasteiger partial charge in [0.15, 0.2) is 5.82 Å². The highest BCUT2D eigenvalue weighted by Crippen LogP contribution is 2.23. The van der Waals surface area contributed by atoms with Crippen molar-refractivity contribution in [2.24, 2.45) is 0 Å². The summed E-state index contributed by atoms with van der Waals surface area (Å²) in [5, 5.41) is 6.96. The van der Waals surface area contributed by atoms with Gasteiger partial charge in [-0.25, -0.2) is 9.37 Å². The molecule has 0 unspecified atom stereocenters. The van der Waals surface area contributed by atoms with E-state index in [9.17, 15) is 4.39 Å². The van der Waals surface area contributed by atoms with Crippen LogP contribution in [0.5, 0.6) is 0 Å². The van der Waals surface area contributed by atoms with Gasteiger partial charge in [-0.2, -0.15) is 5.10 Å². The van der Waals surface area contributed by atoms with Gasteiger partial charge in [-0.3, -0.25) is 5.10 Å². The maximum atomic E-state index is 13.0. The molecule has 0 aliphatic heterocycles. The second-order valence-corrected chi connectivity index (χ2v) is 6.70. The van der Waals surface area contributed by atoms with Crippen molar-refractivity contribution in [1.29, 1.82) is 0 Å². The number of benzene rings is 2. The number of hydrogen-bond donors (Lipinski definition) is 2. The SMILES string of the molecule is C=C(C)c1c(C)cccc1F.Cc1cn[nH]c1-c1nc2c(C)cccc2[nH]1. The van der Waals surface area contributed by atoms with Gasteiger partial charge >= 0.3 is 0 Å². The van der Waals surface area contributed by atoms with E-state index in [-0.39, 0.29) is 5.82 Å². The van der Waals surface area contributed by atoms with E-state index in [2.05, 4.69) is 39.7 Å². The lowest BCUT2D eigenvalue weighted by atomic mass is 10.0. The lowest BCUT2D eigenvalue weighted by Crippen LogP contribution is -1.89. The molecule has 4 rings (SSSR count). The number of nitrogens with zero attached hydrogens (tertiary/aromatic N) is 2. The lowest BCUT2D eigenvalue weighted by molar-refractivity contribution is 0.622. The lowest BCUT2D eigenvalue weighted by Gasteiger charge is -2.04. The molecule has 0 fully saturated rings. The number of aromatic nitrogens is 4. The first kappa shape index (κ1) is 18.6. The van der Waals surface area contributed by atoms with Gasteiger partial charge in [-0.05, 0) is 62.1 Å². The standard InChI is InChI=1S/C12H12N4.C10H11F/c1-7-4-3-5-9-10(7)15-12(14-9)11-8(2)6-13-16-11;1-7(2)10-8(3)5-4-6-9(10)11/h3-6H,1-2H3,(H,13,16)(H,14,15);4-6H,1H2,2-3H3. The molecule has 138 valence electrons. The molecule has 0 amide bonds. The number of fused-ring (bicyclic) bond motifs is 1. The van der Waals surface area contributed by atoms with Crippen LogP contribution in [0.1, 0.15) is 29.2 Å². The Hall–Kier alpha value is -3.21. The molecule has 0 spiro atoms. The summed E-state index contributed by atoms with van der Waals surface area (Å²) < 4.78 is 13.0. The molecule has 0 atom stereocenters. The minimum absolute atomic E-state index is 0.183. The molecule has 4 nitrogen and oxygen atoms in total. The molecule has 27 heavy (non-hydrogen) atoms. The van der Waals surface area contributed by atoms with Crippen molar-refractivity contribution in [3.63, 3.8) is 0 Å². The van der Waals surface area contributed by atoms with Gasteiger partial charge in [0.1, 0.15) is 11.5 Å².